The predicted octanol–water partition coefficient (Wildman–Crippen LogP) is 5.08. The van der Waals surface area contributed by atoms with Crippen molar-refractivity contribution in [3.63, 3.8) is 0 Å². The molecule has 0 spiro atoms. The van der Waals surface area contributed by atoms with Crippen LogP contribution in [-0.4, -0.2) is 20.4 Å². The summed E-state index contributed by atoms with van der Waals surface area (Å²) in [6.07, 6.45) is -0.405. The van der Waals surface area contributed by atoms with Crippen LogP contribution in [0, 0.1) is 5.82 Å². The highest BCUT2D eigenvalue weighted by molar-refractivity contribution is 7.92. The maximum absolute atomic E-state index is 13.0. The summed E-state index contributed by atoms with van der Waals surface area (Å²) in [5.41, 5.74) is 0.751. The van der Waals surface area contributed by atoms with Crippen molar-refractivity contribution in [3.8, 4) is 5.75 Å². The predicted molar refractivity (Wildman–Crippen MR) is 118 cm³/mol. The molecule has 0 saturated heterocycles. The third-order valence-corrected chi connectivity index (χ3v) is 5.90. The van der Waals surface area contributed by atoms with Crippen molar-refractivity contribution in [2.75, 3.05) is 10.0 Å². The van der Waals surface area contributed by atoms with Gasteiger partial charge in [0, 0.05) is 10.7 Å². The number of benzene rings is 3. The highest BCUT2D eigenvalue weighted by atomic mass is 35.5. The fraction of sp³-hybridized carbons (Fsp3) is 0.136. The summed E-state index contributed by atoms with van der Waals surface area (Å²) in [6.45, 7) is 1.78. The molecule has 3 rings (SSSR count). The Hall–Kier alpha value is -3.10. The second-order valence-corrected chi connectivity index (χ2v) is 8.72. The molecule has 0 aliphatic carbocycles. The first-order valence-electron chi connectivity index (χ1n) is 9.38. The van der Waals surface area contributed by atoms with Gasteiger partial charge in [-0.15, -0.1) is 0 Å². The molecular weight excluding hydrogens is 443 g/mol. The molecule has 162 valence electrons. The normalized spacial score (nSPS) is 12.1. The summed E-state index contributed by atoms with van der Waals surface area (Å²) in [4.78, 5) is 12.5. The molecule has 3 aromatic rings. The molecule has 0 radical (unpaired) electrons. The molecule has 0 saturated carbocycles. The number of halogens is 2. The molecule has 0 fully saturated rings. The van der Waals surface area contributed by atoms with Crippen LogP contribution in [0.1, 0.15) is 13.3 Å². The molecule has 3 aromatic carbocycles. The van der Waals surface area contributed by atoms with E-state index >= 15 is 0 Å². The van der Waals surface area contributed by atoms with E-state index in [1.54, 1.807) is 25.1 Å². The fourth-order valence-corrected chi connectivity index (χ4v) is 3.95. The molecule has 0 aliphatic heterocycles. The molecule has 31 heavy (non-hydrogen) atoms. The Morgan fingerprint density at radius 1 is 1.03 bits per heavy atom. The van der Waals surface area contributed by atoms with Gasteiger partial charge in [0.05, 0.1) is 10.6 Å². The summed E-state index contributed by atoms with van der Waals surface area (Å²) in [7, 11) is -3.82. The Balaban J connectivity index is 1.66. The third-order valence-electron chi connectivity index (χ3n) is 4.26. The van der Waals surface area contributed by atoms with E-state index in [9.17, 15) is 17.6 Å². The standard InChI is InChI=1S/C22H20ClFN2O4S/c1-2-21(30-19-10-6-16(24)7-11-19)22(27)25-17-8-12-20(13-9-17)31(28,29)26-18-5-3-4-15(23)14-18/h3-14,21,26H,2H2,1H3,(H,25,27). The summed E-state index contributed by atoms with van der Waals surface area (Å²) in [6, 6.07) is 17.5. The van der Waals surface area contributed by atoms with Crippen LogP contribution < -0.4 is 14.8 Å². The Kier molecular flexibility index (Phi) is 7.14. The van der Waals surface area contributed by atoms with Gasteiger partial charge in [-0.1, -0.05) is 24.6 Å². The Labute approximate surface area is 185 Å². The van der Waals surface area contributed by atoms with Gasteiger partial charge in [0.15, 0.2) is 6.10 Å². The van der Waals surface area contributed by atoms with Crippen molar-refractivity contribution in [3.05, 3.63) is 83.6 Å². The maximum Gasteiger partial charge on any atom is 0.265 e. The van der Waals surface area contributed by atoms with Gasteiger partial charge in [-0.05, 0) is 73.2 Å². The average Bonchev–Trinajstić information content (AvgIpc) is 2.73. The van der Waals surface area contributed by atoms with Gasteiger partial charge in [-0.3, -0.25) is 9.52 Å². The van der Waals surface area contributed by atoms with Crippen molar-refractivity contribution in [2.45, 2.75) is 24.3 Å². The van der Waals surface area contributed by atoms with Gasteiger partial charge in [-0.25, -0.2) is 12.8 Å². The van der Waals surface area contributed by atoms with Crippen molar-refractivity contribution >= 4 is 38.9 Å². The molecule has 0 heterocycles. The molecule has 0 bridgehead atoms. The van der Waals surface area contributed by atoms with Crippen LogP contribution in [0.5, 0.6) is 5.75 Å². The number of hydrogen-bond acceptors (Lipinski definition) is 4. The monoisotopic (exact) mass is 462 g/mol. The lowest BCUT2D eigenvalue weighted by Gasteiger charge is -2.17. The van der Waals surface area contributed by atoms with Crippen molar-refractivity contribution < 1.29 is 22.3 Å². The summed E-state index contributed by atoms with van der Waals surface area (Å²) in [5, 5.41) is 3.10. The van der Waals surface area contributed by atoms with Crippen LogP contribution in [0.25, 0.3) is 0 Å². The summed E-state index contributed by atoms with van der Waals surface area (Å²) >= 11 is 5.88. The molecule has 2 N–H and O–H groups in total. The van der Waals surface area contributed by atoms with E-state index in [0.717, 1.165) is 0 Å². The zero-order valence-electron chi connectivity index (χ0n) is 16.5. The smallest absolute Gasteiger partial charge is 0.265 e. The van der Waals surface area contributed by atoms with Crippen molar-refractivity contribution in [1.29, 1.82) is 0 Å². The molecule has 6 nitrogen and oxygen atoms in total. The number of ether oxygens (including phenoxy) is 1. The van der Waals surface area contributed by atoms with Gasteiger partial charge in [0.2, 0.25) is 0 Å². The Bertz CT molecular complexity index is 1150. The summed E-state index contributed by atoms with van der Waals surface area (Å²) in [5.74, 6) is -0.429. The number of amides is 1. The summed E-state index contributed by atoms with van der Waals surface area (Å²) < 4.78 is 46.2. The van der Waals surface area contributed by atoms with Gasteiger partial charge >= 0.3 is 0 Å². The average molecular weight is 463 g/mol. The van der Waals surface area contributed by atoms with E-state index in [1.165, 1.54) is 54.6 Å². The number of carbonyl (C=O) groups excluding carboxylic acids is 1. The molecule has 0 aliphatic rings. The van der Waals surface area contributed by atoms with E-state index in [0.29, 0.717) is 28.6 Å². The zero-order chi connectivity index (χ0) is 22.4. The quantitative estimate of drug-likeness (QED) is 0.489. The highest BCUT2D eigenvalue weighted by Crippen LogP contribution is 2.21. The molecule has 0 aromatic heterocycles. The fourth-order valence-electron chi connectivity index (χ4n) is 2.71. The minimum atomic E-state index is -3.82. The van der Waals surface area contributed by atoms with E-state index in [1.807, 2.05) is 0 Å². The second kappa shape index (κ2) is 9.80. The van der Waals surface area contributed by atoms with Crippen molar-refractivity contribution in [1.82, 2.24) is 0 Å². The second-order valence-electron chi connectivity index (χ2n) is 6.60. The van der Waals surface area contributed by atoms with E-state index < -0.39 is 27.9 Å². The van der Waals surface area contributed by atoms with E-state index in [-0.39, 0.29) is 4.90 Å². The Morgan fingerprint density at radius 2 is 1.71 bits per heavy atom. The van der Waals surface area contributed by atoms with E-state index in [2.05, 4.69) is 10.0 Å². The third kappa shape index (κ3) is 6.19. The number of anilines is 2. The molecule has 1 atom stereocenters. The van der Waals surface area contributed by atoms with Crippen LogP contribution in [-0.2, 0) is 14.8 Å². The van der Waals surface area contributed by atoms with Crippen LogP contribution in [0.3, 0.4) is 0 Å². The number of hydrogen-bond donors (Lipinski definition) is 2. The molecular formula is C22H20ClFN2O4S. The van der Waals surface area contributed by atoms with Gasteiger partial charge < -0.3 is 10.1 Å². The number of carbonyl (C=O) groups is 1. The number of rotatable bonds is 8. The van der Waals surface area contributed by atoms with E-state index in [4.69, 9.17) is 16.3 Å². The molecule has 1 amide bonds. The maximum atomic E-state index is 13.0. The molecule has 9 heteroatoms. The highest BCUT2D eigenvalue weighted by Gasteiger charge is 2.19. The lowest BCUT2D eigenvalue weighted by molar-refractivity contribution is -0.122. The number of sulfonamides is 1. The molecule has 1 unspecified atom stereocenters. The van der Waals surface area contributed by atoms with Crippen LogP contribution in [0.4, 0.5) is 15.8 Å². The van der Waals surface area contributed by atoms with Crippen LogP contribution in [0.2, 0.25) is 5.02 Å². The van der Waals surface area contributed by atoms with Crippen molar-refractivity contribution in [2.24, 2.45) is 0 Å². The van der Waals surface area contributed by atoms with Gasteiger partial charge in [0.1, 0.15) is 11.6 Å². The zero-order valence-corrected chi connectivity index (χ0v) is 18.1. The topological polar surface area (TPSA) is 84.5 Å². The largest absolute Gasteiger partial charge is 0.481 e. The van der Waals surface area contributed by atoms with Gasteiger partial charge in [-0.2, -0.15) is 0 Å². The van der Waals surface area contributed by atoms with Gasteiger partial charge in [0.25, 0.3) is 15.9 Å². The van der Waals surface area contributed by atoms with Crippen LogP contribution >= 0.6 is 11.6 Å². The first-order valence-corrected chi connectivity index (χ1v) is 11.2. The Morgan fingerprint density at radius 3 is 2.32 bits per heavy atom. The lowest BCUT2D eigenvalue weighted by Crippen LogP contribution is -2.32. The first-order chi connectivity index (χ1) is 14.8. The lowest BCUT2D eigenvalue weighted by atomic mass is 10.2. The first kappa shape index (κ1) is 22.6. The van der Waals surface area contributed by atoms with Crippen LogP contribution in [0.15, 0.2) is 77.7 Å². The minimum Gasteiger partial charge on any atom is -0.481 e. The number of nitrogens with one attached hydrogen (secondary N) is 2. The SMILES string of the molecule is CCC(Oc1ccc(F)cc1)C(=O)Nc1ccc(S(=O)(=O)Nc2cccc(Cl)c2)cc1. The minimum absolute atomic E-state index is 0.0279.